The maximum absolute atomic E-state index is 13.2. The Morgan fingerprint density at radius 3 is 2.46 bits per heavy atom. The fraction of sp³-hybridized carbons (Fsp3) is 0.269. The Labute approximate surface area is 204 Å². The molecule has 0 unspecified atom stereocenters. The number of rotatable bonds is 14. The summed E-state index contributed by atoms with van der Waals surface area (Å²) in [6.07, 6.45) is 5.78. The van der Waals surface area contributed by atoms with E-state index in [1.807, 2.05) is 60.7 Å². The van der Waals surface area contributed by atoms with Gasteiger partial charge in [-0.05, 0) is 43.4 Å². The van der Waals surface area contributed by atoms with Gasteiger partial charge >= 0.3 is 0 Å². The lowest BCUT2D eigenvalue weighted by Crippen LogP contribution is -2.51. The number of aryl methyl sites for hydroxylation is 1. The number of aromatic nitrogens is 1. The summed E-state index contributed by atoms with van der Waals surface area (Å²) in [5.74, 6) is -0.682. The average Bonchev–Trinajstić information content (AvgIpc) is 2.88. The first-order valence-corrected chi connectivity index (χ1v) is 11.6. The van der Waals surface area contributed by atoms with Gasteiger partial charge in [0.2, 0.25) is 11.8 Å². The van der Waals surface area contributed by atoms with Gasteiger partial charge in [0.1, 0.15) is 12.1 Å². The Morgan fingerprint density at radius 2 is 1.69 bits per heavy atom. The van der Waals surface area contributed by atoms with E-state index in [1.165, 1.54) is 0 Å². The minimum atomic E-state index is -0.774. The van der Waals surface area contributed by atoms with Gasteiger partial charge < -0.3 is 21.3 Å². The highest BCUT2D eigenvalue weighted by Crippen LogP contribution is 2.17. The molecule has 0 aliphatic rings. The predicted octanol–water partition coefficient (Wildman–Crippen LogP) is 2.83. The van der Waals surface area contributed by atoms with E-state index in [9.17, 15) is 9.59 Å². The molecular weight excluding hydrogens is 442 g/mol. The van der Waals surface area contributed by atoms with E-state index in [0.29, 0.717) is 37.9 Å². The number of nitrogens with zero attached hydrogens (tertiary/aromatic N) is 1. The van der Waals surface area contributed by atoms with E-state index in [1.54, 1.807) is 6.20 Å². The zero-order valence-corrected chi connectivity index (χ0v) is 19.5. The molecule has 0 fully saturated rings. The number of carbonyl (C=O) groups is 2. The average molecular weight is 474 g/mol. The van der Waals surface area contributed by atoms with Crippen LogP contribution in [-0.4, -0.2) is 48.1 Å². The molecule has 182 valence electrons. The first-order chi connectivity index (χ1) is 17.1. The Bertz CT molecular complexity index is 1140. The highest BCUT2D eigenvalue weighted by Gasteiger charge is 2.25. The van der Waals surface area contributed by atoms with Gasteiger partial charge in [-0.2, -0.15) is 0 Å². The number of hydrogen-bond acceptors (Lipinski definition) is 5. The van der Waals surface area contributed by atoms with Crippen molar-refractivity contribution in [2.75, 3.05) is 11.9 Å². The molecule has 9 heteroatoms. The minimum absolute atomic E-state index is 0.328. The van der Waals surface area contributed by atoms with Crippen LogP contribution < -0.4 is 21.3 Å². The number of carbonyl (C=O) groups excluding carboxylic acids is 2. The minimum Gasteiger partial charge on any atom is -0.377 e. The van der Waals surface area contributed by atoms with Crippen molar-refractivity contribution in [1.82, 2.24) is 20.9 Å². The van der Waals surface area contributed by atoms with Crippen molar-refractivity contribution in [2.45, 2.75) is 37.8 Å². The van der Waals surface area contributed by atoms with Gasteiger partial charge in [-0.15, -0.1) is 0 Å². The third-order valence-corrected chi connectivity index (χ3v) is 5.57. The molecule has 6 N–H and O–H groups in total. The van der Waals surface area contributed by atoms with Crippen molar-refractivity contribution < 1.29 is 9.59 Å². The number of fused-ring (bicyclic) bond motifs is 1. The van der Waals surface area contributed by atoms with Gasteiger partial charge in [-0.25, -0.2) is 0 Å². The first kappa shape index (κ1) is 25.4. The molecular formula is C26H31N7O2. The molecule has 2 amide bonds. The SMILES string of the molecule is N=CNCCC[C@H](NC=N)C(=O)N[C@H](CCc1ccccc1)C(=O)Nc1cnc2ccccc2c1. The number of amides is 2. The third kappa shape index (κ3) is 7.92. The van der Waals surface area contributed by atoms with E-state index < -0.39 is 12.1 Å². The molecule has 0 aliphatic heterocycles. The summed E-state index contributed by atoms with van der Waals surface area (Å²) in [6.45, 7) is 0.542. The Hall–Kier alpha value is -4.27. The fourth-order valence-electron chi connectivity index (χ4n) is 3.74. The number of pyridine rings is 1. The van der Waals surface area contributed by atoms with Crippen LogP contribution in [0.25, 0.3) is 10.9 Å². The van der Waals surface area contributed by atoms with E-state index in [0.717, 1.165) is 29.1 Å². The number of benzene rings is 2. The van der Waals surface area contributed by atoms with Crippen LogP contribution in [0.4, 0.5) is 5.69 Å². The molecule has 0 saturated carbocycles. The number of para-hydroxylation sites is 1. The van der Waals surface area contributed by atoms with Crippen molar-refractivity contribution in [2.24, 2.45) is 0 Å². The standard InChI is InChI=1S/C26H31N7O2/c27-17-29-14-6-11-23(31-18-28)25(34)33-24(13-12-19-7-2-1-3-8-19)26(35)32-21-15-20-9-4-5-10-22(20)30-16-21/h1-5,7-10,15-18,23-24H,6,11-14H2,(H2,27,29)(H2,28,31)(H,32,35)(H,33,34)/t23-,24+/m0/s1. The van der Waals surface area contributed by atoms with Crippen LogP contribution in [0.2, 0.25) is 0 Å². The van der Waals surface area contributed by atoms with Crippen molar-refractivity contribution in [3.63, 3.8) is 0 Å². The van der Waals surface area contributed by atoms with E-state index >= 15 is 0 Å². The number of anilines is 1. The molecule has 1 heterocycles. The molecule has 9 nitrogen and oxygen atoms in total. The van der Waals surface area contributed by atoms with Crippen LogP contribution in [0.1, 0.15) is 24.8 Å². The van der Waals surface area contributed by atoms with E-state index in [4.69, 9.17) is 10.8 Å². The maximum Gasteiger partial charge on any atom is 0.247 e. The molecule has 0 aliphatic carbocycles. The molecule has 35 heavy (non-hydrogen) atoms. The van der Waals surface area contributed by atoms with Crippen molar-refractivity contribution in [1.29, 1.82) is 10.8 Å². The van der Waals surface area contributed by atoms with Crippen LogP contribution >= 0.6 is 0 Å². The molecule has 0 saturated heterocycles. The smallest absolute Gasteiger partial charge is 0.247 e. The summed E-state index contributed by atoms with van der Waals surface area (Å²) in [7, 11) is 0. The summed E-state index contributed by atoms with van der Waals surface area (Å²) < 4.78 is 0. The van der Waals surface area contributed by atoms with Crippen LogP contribution in [0.15, 0.2) is 66.9 Å². The summed E-state index contributed by atoms with van der Waals surface area (Å²) >= 11 is 0. The second-order valence-corrected chi connectivity index (χ2v) is 8.10. The van der Waals surface area contributed by atoms with E-state index in [2.05, 4.69) is 26.3 Å². The number of nitrogens with one attached hydrogen (secondary N) is 6. The maximum atomic E-state index is 13.2. The van der Waals surface area contributed by atoms with Crippen LogP contribution in [0.3, 0.4) is 0 Å². The normalized spacial score (nSPS) is 12.2. The van der Waals surface area contributed by atoms with Gasteiger partial charge in [0.15, 0.2) is 0 Å². The molecule has 3 aromatic rings. The van der Waals surface area contributed by atoms with Crippen LogP contribution in [0, 0.1) is 10.8 Å². The van der Waals surface area contributed by atoms with E-state index in [-0.39, 0.29) is 11.8 Å². The molecule has 0 bridgehead atoms. The lowest BCUT2D eigenvalue weighted by Gasteiger charge is -2.22. The summed E-state index contributed by atoms with van der Waals surface area (Å²) in [6, 6.07) is 17.8. The molecule has 0 radical (unpaired) electrons. The number of hydrogen-bond donors (Lipinski definition) is 6. The lowest BCUT2D eigenvalue weighted by atomic mass is 10.0. The predicted molar refractivity (Wildman–Crippen MR) is 139 cm³/mol. The Balaban J connectivity index is 1.71. The quantitative estimate of drug-likeness (QED) is 0.121. The fourth-order valence-corrected chi connectivity index (χ4v) is 3.74. The molecule has 0 spiro atoms. The van der Waals surface area contributed by atoms with Gasteiger partial charge in [-0.3, -0.25) is 25.4 Å². The summed E-state index contributed by atoms with van der Waals surface area (Å²) in [4.78, 5) is 30.6. The molecule has 1 aromatic heterocycles. The van der Waals surface area contributed by atoms with Gasteiger partial charge in [0.25, 0.3) is 0 Å². The topological polar surface area (TPSA) is 143 Å². The van der Waals surface area contributed by atoms with Crippen molar-refractivity contribution in [3.8, 4) is 0 Å². The Morgan fingerprint density at radius 1 is 0.914 bits per heavy atom. The Kier molecular flexibility index (Phi) is 9.74. The monoisotopic (exact) mass is 473 g/mol. The highest BCUT2D eigenvalue weighted by atomic mass is 16.2. The van der Waals surface area contributed by atoms with Gasteiger partial charge in [-0.1, -0.05) is 48.5 Å². The first-order valence-electron chi connectivity index (χ1n) is 11.6. The van der Waals surface area contributed by atoms with Gasteiger partial charge in [0.05, 0.1) is 30.1 Å². The summed E-state index contributed by atoms with van der Waals surface area (Å²) in [5.41, 5.74) is 2.45. The third-order valence-electron chi connectivity index (χ3n) is 5.57. The van der Waals surface area contributed by atoms with Crippen molar-refractivity contribution >= 4 is 41.1 Å². The van der Waals surface area contributed by atoms with Crippen molar-refractivity contribution in [3.05, 3.63) is 72.4 Å². The second-order valence-electron chi connectivity index (χ2n) is 8.10. The highest BCUT2D eigenvalue weighted by molar-refractivity contribution is 5.99. The second kappa shape index (κ2) is 13.4. The largest absolute Gasteiger partial charge is 0.377 e. The molecule has 2 atom stereocenters. The van der Waals surface area contributed by atoms with Crippen LogP contribution in [-0.2, 0) is 16.0 Å². The summed E-state index contributed by atoms with van der Waals surface area (Å²) in [5, 5.41) is 26.6. The zero-order valence-electron chi connectivity index (χ0n) is 19.5. The molecule has 3 rings (SSSR count). The lowest BCUT2D eigenvalue weighted by molar-refractivity contribution is -0.127. The van der Waals surface area contributed by atoms with Crippen LogP contribution in [0.5, 0.6) is 0 Å². The van der Waals surface area contributed by atoms with Gasteiger partial charge in [0, 0.05) is 11.9 Å². The zero-order chi connectivity index (χ0) is 24.9. The molecule has 2 aromatic carbocycles.